The van der Waals surface area contributed by atoms with Gasteiger partial charge in [-0.25, -0.2) is 0 Å². The number of hydrogen-bond acceptors (Lipinski definition) is 4. The number of nitrogens with zero attached hydrogens (tertiary/aromatic N) is 2. The molecule has 4 aliphatic heterocycles. The number of fused-ring (bicyclic) bond motifs is 1. The van der Waals surface area contributed by atoms with E-state index in [-0.39, 0.29) is 17.9 Å². The number of aryl methyl sites for hydroxylation is 2. The standard InChI is InChI=1S/C22H26N2O4/c1-14-3-4-16(11-15(14)2)12-24-13-22-6-5-17(28-22)18(19(22)21(24)26)20(25)23-7-9-27-10-8-23/h3-6,11,17-19H,7-10,12-13H2,1-2H3/t17-,18?,19?,22-/m1/s1. The molecule has 0 N–H and O–H groups in total. The molecule has 2 amide bonds. The van der Waals surface area contributed by atoms with Gasteiger partial charge in [-0.3, -0.25) is 9.59 Å². The van der Waals surface area contributed by atoms with Crippen LogP contribution in [-0.4, -0.2) is 66.2 Å². The van der Waals surface area contributed by atoms with Gasteiger partial charge in [-0.1, -0.05) is 30.4 Å². The van der Waals surface area contributed by atoms with Gasteiger partial charge in [0.2, 0.25) is 11.8 Å². The first kappa shape index (κ1) is 17.9. The van der Waals surface area contributed by atoms with Crippen molar-refractivity contribution >= 4 is 11.8 Å². The van der Waals surface area contributed by atoms with Crippen LogP contribution < -0.4 is 0 Å². The summed E-state index contributed by atoms with van der Waals surface area (Å²) in [6.45, 7) is 7.54. The molecule has 4 heterocycles. The largest absolute Gasteiger partial charge is 0.378 e. The smallest absolute Gasteiger partial charge is 0.230 e. The normalized spacial score (nSPS) is 33.6. The van der Waals surface area contributed by atoms with E-state index in [9.17, 15) is 9.59 Å². The van der Waals surface area contributed by atoms with Crippen LogP contribution >= 0.6 is 0 Å². The van der Waals surface area contributed by atoms with Crippen LogP contribution in [0.25, 0.3) is 0 Å². The molecular weight excluding hydrogens is 356 g/mol. The van der Waals surface area contributed by atoms with E-state index >= 15 is 0 Å². The van der Waals surface area contributed by atoms with Crippen molar-refractivity contribution in [2.75, 3.05) is 32.8 Å². The molecule has 1 aromatic carbocycles. The number of morpholine rings is 1. The first-order valence-corrected chi connectivity index (χ1v) is 10.1. The highest BCUT2D eigenvalue weighted by Gasteiger charge is 2.67. The summed E-state index contributed by atoms with van der Waals surface area (Å²) in [5.41, 5.74) is 2.93. The summed E-state index contributed by atoms with van der Waals surface area (Å²) in [4.78, 5) is 30.2. The highest BCUT2D eigenvalue weighted by atomic mass is 16.5. The fourth-order valence-electron chi connectivity index (χ4n) is 5.11. The van der Waals surface area contributed by atoms with Crippen molar-refractivity contribution in [2.45, 2.75) is 32.1 Å². The van der Waals surface area contributed by atoms with Gasteiger partial charge in [-0.2, -0.15) is 0 Å². The molecule has 0 aromatic heterocycles. The number of benzene rings is 1. The second-order valence-corrected chi connectivity index (χ2v) is 8.45. The number of amides is 2. The van der Waals surface area contributed by atoms with Crippen molar-refractivity contribution in [3.63, 3.8) is 0 Å². The molecule has 6 nitrogen and oxygen atoms in total. The van der Waals surface area contributed by atoms with Gasteiger partial charge < -0.3 is 19.3 Å². The zero-order chi connectivity index (χ0) is 19.5. The van der Waals surface area contributed by atoms with Crippen LogP contribution in [0.2, 0.25) is 0 Å². The second-order valence-electron chi connectivity index (χ2n) is 8.45. The average Bonchev–Trinajstić information content (AvgIpc) is 3.33. The molecule has 1 spiro atoms. The molecule has 0 saturated carbocycles. The van der Waals surface area contributed by atoms with Crippen molar-refractivity contribution in [3.05, 3.63) is 47.0 Å². The fourth-order valence-corrected chi connectivity index (χ4v) is 5.11. The highest BCUT2D eigenvalue weighted by Crippen LogP contribution is 2.52. The first-order chi connectivity index (χ1) is 13.5. The van der Waals surface area contributed by atoms with Crippen LogP contribution in [0, 0.1) is 25.7 Å². The summed E-state index contributed by atoms with van der Waals surface area (Å²) in [7, 11) is 0. The Bertz CT molecular complexity index is 860. The predicted molar refractivity (Wildman–Crippen MR) is 102 cm³/mol. The fraction of sp³-hybridized carbons (Fsp3) is 0.545. The van der Waals surface area contributed by atoms with Gasteiger partial charge in [0.1, 0.15) is 5.60 Å². The zero-order valence-corrected chi connectivity index (χ0v) is 16.4. The van der Waals surface area contributed by atoms with Gasteiger partial charge in [0.05, 0.1) is 37.7 Å². The van der Waals surface area contributed by atoms with Crippen LogP contribution in [0.1, 0.15) is 16.7 Å². The molecule has 0 radical (unpaired) electrons. The lowest BCUT2D eigenvalue weighted by Crippen LogP contribution is -2.49. The molecule has 3 fully saturated rings. The number of carbonyl (C=O) groups excluding carboxylic acids is 2. The summed E-state index contributed by atoms with van der Waals surface area (Å²) >= 11 is 0. The van der Waals surface area contributed by atoms with E-state index < -0.39 is 17.4 Å². The number of rotatable bonds is 3. The van der Waals surface area contributed by atoms with Crippen LogP contribution in [-0.2, 0) is 25.6 Å². The number of hydrogen-bond donors (Lipinski definition) is 0. The lowest BCUT2D eigenvalue weighted by molar-refractivity contribution is -0.146. The first-order valence-electron chi connectivity index (χ1n) is 10.1. The Morgan fingerprint density at radius 1 is 1.21 bits per heavy atom. The third-order valence-electron chi connectivity index (χ3n) is 6.73. The molecule has 4 aliphatic rings. The second kappa shape index (κ2) is 6.42. The van der Waals surface area contributed by atoms with Gasteiger partial charge in [0.15, 0.2) is 0 Å². The molecular formula is C22H26N2O4. The van der Waals surface area contributed by atoms with Crippen molar-refractivity contribution in [2.24, 2.45) is 11.8 Å². The Balaban J connectivity index is 1.39. The Kier molecular flexibility index (Phi) is 4.10. The van der Waals surface area contributed by atoms with Crippen molar-refractivity contribution in [1.82, 2.24) is 9.80 Å². The van der Waals surface area contributed by atoms with Crippen LogP contribution in [0.5, 0.6) is 0 Å². The SMILES string of the molecule is Cc1ccc(CN2C[C@@]34C=C[C@@H](O3)C(C(=O)N3CCOCC3)C4C2=O)cc1C. The van der Waals surface area contributed by atoms with E-state index in [0.29, 0.717) is 39.4 Å². The third kappa shape index (κ3) is 2.62. The highest BCUT2D eigenvalue weighted by molar-refractivity contribution is 5.93. The number of carbonyl (C=O) groups is 2. The maximum atomic E-state index is 13.3. The van der Waals surface area contributed by atoms with Gasteiger partial charge in [-0.15, -0.1) is 0 Å². The molecule has 1 aromatic rings. The third-order valence-corrected chi connectivity index (χ3v) is 6.73. The van der Waals surface area contributed by atoms with Crippen LogP contribution in [0.3, 0.4) is 0 Å². The van der Waals surface area contributed by atoms with Crippen LogP contribution in [0.4, 0.5) is 0 Å². The Morgan fingerprint density at radius 2 is 2.00 bits per heavy atom. The average molecular weight is 382 g/mol. The van der Waals surface area contributed by atoms with E-state index in [1.807, 2.05) is 22.0 Å². The van der Waals surface area contributed by atoms with Gasteiger partial charge >= 0.3 is 0 Å². The number of ether oxygens (including phenoxy) is 2. The molecule has 6 heteroatoms. The molecule has 28 heavy (non-hydrogen) atoms. The number of likely N-dealkylation sites (tertiary alicyclic amines) is 1. The minimum Gasteiger partial charge on any atom is -0.378 e. The maximum absolute atomic E-state index is 13.3. The van der Waals surface area contributed by atoms with E-state index in [1.54, 1.807) is 0 Å². The minimum atomic E-state index is -0.645. The summed E-state index contributed by atoms with van der Waals surface area (Å²) in [5, 5.41) is 0. The predicted octanol–water partition coefficient (Wildman–Crippen LogP) is 1.44. The van der Waals surface area contributed by atoms with Gasteiger partial charge in [0.25, 0.3) is 0 Å². The van der Waals surface area contributed by atoms with Crippen molar-refractivity contribution in [1.29, 1.82) is 0 Å². The van der Waals surface area contributed by atoms with Crippen LogP contribution in [0.15, 0.2) is 30.4 Å². The summed E-state index contributed by atoms with van der Waals surface area (Å²) in [6.07, 6.45) is 3.71. The molecule has 148 valence electrons. The van der Waals surface area contributed by atoms with Crippen molar-refractivity contribution < 1.29 is 19.1 Å². The van der Waals surface area contributed by atoms with E-state index in [4.69, 9.17) is 9.47 Å². The lowest BCUT2D eigenvalue weighted by Gasteiger charge is -2.32. The van der Waals surface area contributed by atoms with E-state index in [0.717, 1.165) is 5.56 Å². The summed E-state index contributed by atoms with van der Waals surface area (Å²) in [6, 6.07) is 6.31. The molecule has 2 unspecified atom stereocenters. The van der Waals surface area contributed by atoms with E-state index in [2.05, 4.69) is 32.0 Å². The summed E-state index contributed by atoms with van der Waals surface area (Å²) < 4.78 is 11.6. The minimum absolute atomic E-state index is 0.0332. The Morgan fingerprint density at radius 3 is 2.75 bits per heavy atom. The molecule has 2 bridgehead atoms. The molecule has 3 saturated heterocycles. The Hall–Kier alpha value is -2.18. The quantitative estimate of drug-likeness (QED) is 0.743. The van der Waals surface area contributed by atoms with E-state index in [1.165, 1.54) is 11.1 Å². The molecule has 4 atom stereocenters. The zero-order valence-electron chi connectivity index (χ0n) is 16.4. The molecule has 5 rings (SSSR count). The molecule has 0 aliphatic carbocycles. The van der Waals surface area contributed by atoms with Gasteiger partial charge in [-0.05, 0) is 30.5 Å². The van der Waals surface area contributed by atoms with Gasteiger partial charge in [0, 0.05) is 19.6 Å². The monoisotopic (exact) mass is 382 g/mol. The summed E-state index contributed by atoms with van der Waals surface area (Å²) in [5.74, 6) is -0.757. The van der Waals surface area contributed by atoms with Crippen molar-refractivity contribution in [3.8, 4) is 0 Å². The topological polar surface area (TPSA) is 59.1 Å². The maximum Gasteiger partial charge on any atom is 0.230 e. The lowest BCUT2D eigenvalue weighted by atomic mass is 9.76. The Labute approximate surface area is 165 Å².